The molecule has 0 aromatic heterocycles. The van der Waals surface area contributed by atoms with E-state index >= 15 is 0 Å². The molecule has 94 valence electrons. The van der Waals surface area contributed by atoms with Crippen LogP contribution in [-0.2, 0) is 0 Å². The summed E-state index contributed by atoms with van der Waals surface area (Å²) in [6, 6.07) is 15.0. The van der Waals surface area contributed by atoms with Gasteiger partial charge in [-0.2, -0.15) is 0 Å². The van der Waals surface area contributed by atoms with Crippen molar-refractivity contribution in [1.82, 2.24) is 0 Å². The Balaban J connectivity index is 2.37. The summed E-state index contributed by atoms with van der Waals surface area (Å²) in [5.41, 5.74) is 9.84. The Bertz CT molecular complexity index is 547. The maximum absolute atomic E-state index is 6.02. The standard InChI is InChI=1S/C16H19NS/c1-11-8-9-12(2)16(10-11)18-15-7-5-4-6-14(15)13(3)17/h4-10,13H,17H2,1-3H3/t13-/m0/s1. The zero-order valence-corrected chi connectivity index (χ0v) is 11.9. The van der Waals surface area contributed by atoms with Gasteiger partial charge in [0.2, 0.25) is 0 Å². The van der Waals surface area contributed by atoms with Gasteiger partial charge in [-0.25, -0.2) is 0 Å². The first-order valence-electron chi connectivity index (χ1n) is 6.17. The Labute approximate surface area is 113 Å². The molecular weight excluding hydrogens is 238 g/mol. The van der Waals surface area contributed by atoms with Crippen LogP contribution in [0.1, 0.15) is 29.7 Å². The molecule has 1 atom stereocenters. The monoisotopic (exact) mass is 257 g/mol. The highest BCUT2D eigenvalue weighted by molar-refractivity contribution is 7.99. The number of aryl methyl sites for hydroxylation is 2. The SMILES string of the molecule is Cc1ccc(C)c(Sc2ccccc2[C@H](C)N)c1. The molecule has 2 N–H and O–H groups in total. The second-order valence-electron chi connectivity index (χ2n) is 4.70. The largest absolute Gasteiger partial charge is 0.324 e. The van der Waals surface area contributed by atoms with Gasteiger partial charge in [0.15, 0.2) is 0 Å². The highest BCUT2D eigenvalue weighted by atomic mass is 32.2. The van der Waals surface area contributed by atoms with Gasteiger partial charge in [-0.1, -0.05) is 42.1 Å². The average molecular weight is 257 g/mol. The molecule has 0 aliphatic carbocycles. The van der Waals surface area contributed by atoms with Gasteiger partial charge in [0.05, 0.1) is 0 Å². The zero-order valence-electron chi connectivity index (χ0n) is 11.1. The summed E-state index contributed by atoms with van der Waals surface area (Å²) < 4.78 is 0. The summed E-state index contributed by atoms with van der Waals surface area (Å²) in [7, 11) is 0. The van der Waals surface area contributed by atoms with E-state index < -0.39 is 0 Å². The molecule has 0 saturated heterocycles. The van der Waals surface area contributed by atoms with E-state index in [1.54, 1.807) is 11.8 Å². The van der Waals surface area contributed by atoms with Crippen molar-refractivity contribution in [2.45, 2.75) is 36.6 Å². The molecule has 0 aliphatic rings. The minimum atomic E-state index is 0.0683. The summed E-state index contributed by atoms with van der Waals surface area (Å²) in [5.74, 6) is 0. The lowest BCUT2D eigenvalue weighted by Gasteiger charge is -2.13. The number of hydrogen-bond acceptors (Lipinski definition) is 2. The Kier molecular flexibility index (Phi) is 4.10. The highest BCUT2D eigenvalue weighted by Crippen LogP contribution is 2.34. The summed E-state index contributed by atoms with van der Waals surface area (Å²) >= 11 is 1.80. The fraction of sp³-hybridized carbons (Fsp3) is 0.250. The van der Waals surface area contributed by atoms with Crippen molar-refractivity contribution >= 4 is 11.8 Å². The molecule has 2 rings (SSSR count). The van der Waals surface area contributed by atoms with Crippen LogP contribution in [0.5, 0.6) is 0 Å². The third-order valence-electron chi connectivity index (χ3n) is 2.97. The fourth-order valence-corrected chi connectivity index (χ4v) is 3.11. The number of nitrogens with two attached hydrogens (primary N) is 1. The first-order chi connectivity index (χ1) is 8.58. The second kappa shape index (κ2) is 5.59. The lowest BCUT2D eigenvalue weighted by Crippen LogP contribution is -2.06. The molecule has 2 aromatic rings. The molecule has 2 heteroatoms. The van der Waals surface area contributed by atoms with Crippen LogP contribution in [0.2, 0.25) is 0 Å². The van der Waals surface area contributed by atoms with Gasteiger partial charge >= 0.3 is 0 Å². The minimum absolute atomic E-state index is 0.0683. The van der Waals surface area contributed by atoms with E-state index in [2.05, 4.69) is 50.2 Å². The molecule has 0 fully saturated rings. The van der Waals surface area contributed by atoms with E-state index in [0.717, 1.165) is 0 Å². The maximum atomic E-state index is 6.02. The van der Waals surface area contributed by atoms with Crippen LogP contribution < -0.4 is 5.73 Å². The molecule has 0 spiro atoms. The molecular formula is C16H19NS. The van der Waals surface area contributed by atoms with Crippen molar-refractivity contribution in [3.8, 4) is 0 Å². The average Bonchev–Trinajstić information content (AvgIpc) is 2.34. The van der Waals surface area contributed by atoms with E-state index in [1.165, 1.54) is 26.5 Å². The summed E-state index contributed by atoms with van der Waals surface area (Å²) in [6.45, 7) is 6.31. The van der Waals surface area contributed by atoms with Gasteiger partial charge in [-0.05, 0) is 49.6 Å². The number of hydrogen-bond donors (Lipinski definition) is 1. The smallest absolute Gasteiger partial charge is 0.0277 e. The molecule has 0 saturated carbocycles. The molecule has 0 heterocycles. The number of rotatable bonds is 3. The van der Waals surface area contributed by atoms with E-state index in [1.807, 2.05) is 13.0 Å². The topological polar surface area (TPSA) is 26.0 Å². The van der Waals surface area contributed by atoms with Crippen LogP contribution in [0, 0.1) is 13.8 Å². The Morgan fingerprint density at radius 2 is 1.72 bits per heavy atom. The molecule has 1 nitrogen and oxygen atoms in total. The first-order valence-corrected chi connectivity index (χ1v) is 6.99. The van der Waals surface area contributed by atoms with Gasteiger partial charge in [0.25, 0.3) is 0 Å². The van der Waals surface area contributed by atoms with E-state index in [0.29, 0.717) is 0 Å². The maximum Gasteiger partial charge on any atom is 0.0277 e. The lowest BCUT2D eigenvalue weighted by atomic mass is 10.1. The predicted molar refractivity (Wildman–Crippen MR) is 79.1 cm³/mol. The molecule has 0 unspecified atom stereocenters. The molecule has 0 amide bonds. The van der Waals surface area contributed by atoms with Crippen LogP contribution in [0.15, 0.2) is 52.3 Å². The Morgan fingerprint density at radius 1 is 1.00 bits per heavy atom. The van der Waals surface area contributed by atoms with Gasteiger partial charge in [0.1, 0.15) is 0 Å². The van der Waals surface area contributed by atoms with Crippen molar-refractivity contribution in [3.05, 3.63) is 59.2 Å². The molecule has 2 aromatic carbocycles. The quantitative estimate of drug-likeness (QED) is 0.877. The van der Waals surface area contributed by atoms with Crippen LogP contribution in [0.25, 0.3) is 0 Å². The van der Waals surface area contributed by atoms with E-state index in [-0.39, 0.29) is 6.04 Å². The number of benzene rings is 2. The second-order valence-corrected chi connectivity index (χ2v) is 5.78. The van der Waals surface area contributed by atoms with Gasteiger partial charge in [0, 0.05) is 15.8 Å². The molecule has 0 bridgehead atoms. The van der Waals surface area contributed by atoms with Gasteiger partial charge < -0.3 is 5.73 Å². The van der Waals surface area contributed by atoms with Gasteiger partial charge in [-0.3, -0.25) is 0 Å². The van der Waals surface area contributed by atoms with Crippen LogP contribution in [0.3, 0.4) is 0 Å². The molecule has 18 heavy (non-hydrogen) atoms. The molecule has 0 aliphatic heterocycles. The third-order valence-corrected chi connectivity index (χ3v) is 4.22. The van der Waals surface area contributed by atoms with E-state index in [4.69, 9.17) is 5.73 Å². The summed E-state index contributed by atoms with van der Waals surface area (Å²) in [5, 5.41) is 0. The summed E-state index contributed by atoms with van der Waals surface area (Å²) in [6.07, 6.45) is 0. The lowest BCUT2D eigenvalue weighted by molar-refractivity contribution is 0.797. The van der Waals surface area contributed by atoms with Crippen molar-refractivity contribution in [1.29, 1.82) is 0 Å². The van der Waals surface area contributed by atoms with Crippen LogP contribution in [-0.4, -0.2) is 0 Å². The van der Waals surface area contributed by atoms with Crippen molar-refractivity contribution in [3.63, 3.8) is 0 Å². The predicted octanol–water partition coefficient (Wildman–Crippen LogP) is 4.47. The Hall–Kier alpha value is -1.25. The normalized spacial score (nSPS) is 12.4. The molecule has 0 radical (unpaired) electrons. The minimum Gasteiger partial charge on any atom is -0.324 e. The van der Waals surface area contributed by atoms with Crippen molar-refractivity contribution in [2.75, 3.05) is 0 Å². The highest BCUT2D eigenvalue weighted by Gasteiger charge is 2.08. The third kappa shape index (κ3) is 2.95. The van der Waals surface area contributed by atoms with Crippen LogP contribution >= 0.6 is 11.8 Å². The van der Waals surface area contributed by atoms with E-state index in [9.17, 15) is 0 Å². The van der Waals surface area contributed by atoms with Crippen LogP contribution in [0.4, 0.5) is 0 Å². The zero-order chi connectivity index (χ0) is 13.1. The Morgan fingerprint density at radius 3 is 2.44 bits per heavy atom. The van der Waals surface area contributed by atoms with Gasteiger partial charge in [-0.15, -0.1) is 0 Å². The summed E-state index contributed by atoms with van der Waals surface area (Å²) in [4.78, 5) is 2.56. The van der Waals surface area contributed by atoms with Crippen molar-refractivity contribution in [2.24, 2.45) is 5.73 Å². The van der Waals surface area contributed by atoms with Crippen molar-refractivity contribution < 1.29 is 0 Å². The first kappa shape index (κ1) is 13.2. The fourth-order valence-electron chi connectivity index (χ4n) is 1.89.